The van der Waals surface area contributed by atoms with Crippen molar-refractivity contribution in [1.82, 2.24) is 0 Å². The molecule has 5 heteroatoms. The molecule has 0 unspecified atom stereocenters. The second-order valence-electron chi connectivity index (χ2n) is 3.68. The number of Topliss-reactive ketones (excluding diaryl/α,β-unsaturated/α-hetero) is 1. The van der Waals surface area contributed by atoms with Crippen LogP contribution in [-0.4, -0.2) is 5.78 Å². The van der Waals surface area contributed by atoms with Crippen molar-refractivity contribution in [2.24, 2.45) is 0 Å². The lowest BCUT2D eigenvalue weighted by Gasteiger charge is -1.95. The zero-order valence-electron chi connectivity index (χ0n) is 9.02. The summed E-state index contributed by atoms with van der Waals surface area (Å²) in [6, 6.07) is 2.45. The highest BCUT2D eigenvalue weighted by molar-refractivity contribution is 9.10. The minimum Gasteiger partial charge on any atom is -0.450 e. The molecule has 1 aromatic heterocycles. The van der Waals surface area contributed by atoms with Crippen molar-refractivity contribution in [3.05, 3.63) is 34.0 Å². The van der Waals surface area contributed by atoms with Crippen LogP contribution in [0.4, 0.5) is 8.78 Å². The molecule has 0 amide bonds. The van der Waals surface area contributed by atoms with Crippen molar-refractivity contribution in [2.75, 3.05) is 0 Å². The molecule has 0 N–H and O–H groups in total. The molecule has 2 nitrogen and oxygen atoms in total. The first-order valence-electron chi connectivity index (χ1n) is 5.14. The number of furan rings is 1. The van der Waals surface area contributed by atoms with Gasteiger partial charge in [0, 0.05) is 16.3 Å². The molecule has 1 aromatic carbocycles. The van der Waals surface area contributed by atoms with E-state index in [1.54, 1.807) is 0 Å². The van der Waals surface area contributed by atoms with Gasteiger partial charge < -0.3 is 4.42 Å². The summed E-state index contributed by atoms with van der Waals surface area (Å²) in [5.41, 5.74) is -0.226. The predicted molar refractivity (Wildman–Crippen MR) is 63.1 cm³/mol. The molecule has 17 heavy (non-hydrogen) atoms. The van der Waals surface area contributed by atoms with Crippen LogP contribution in [0.15, 0.2) is 21.0 Å². The van der Waals surface area contributed by atoms with Gasteiger partial charge in [0.15, 0.2) is 22.9 Å². The van der Waals surface area contributed by atoms with Gasteiger partial charge in [0.05, 0.1) is 0 Å². The number of carbonyl (C=O) groups is 1. The van der Waals surface area contributed by atoms with Gasteiger partial charge in [0.2, 0.25) is 5.82 Å². The summed E-state index contributed by atoms with van der Waals surface area (Å²) >= 11 is 3.11. The molecule has 0 aliphatic carbocycles. The maximum Gasteiger partial charge on any atom is 0.201 e. The third-order valence-electron chi connectivity index (χ3n) is 2.40. The molecule has 0 bridgehead atoms. The van der Waals surface area contributed by atoms with Gasteiger partial charge in [0.25, 0.3) is 0 Å². The van der Waals surface area contributed by atoms with Crippen molar-refractivity contribution in [3.63, 3.8) is 0 Å². The number of ketones is 1. The lowest BCUT2D eigenvalue weighted by Crippen LogP contribution is -1.94. The number of fused-ring (bicyclic) bond motifs is 1. The Morgan fingerprint density at radius 2 is 2.12 bits per heavy atom. The van der Waals surface area contributed by atoms with Crippen molar-refractivity contribution in [1.29, 1.82) is 0 Å². The van der Waals surface area contributed by atoms with Crippen LogP contribution in [0.2, 0.25) is 0 Å². The van der Waals surface area contributed by atoms with Crippen LogP contribution in [0.3, 0.4) is 0 Å². The first kappa shape index (κ1) is 12.2. The first-order valence-corrected chi connectivity index (χ1v) is 5.94. The van der Waals surface area contributed by atoms with E-state index in [1.165, 1.54) is 6.07 Å². The van der Waals surface area contributed by atoms with Crippen LogP contribution >= 0.6 is 15.9 Å². The Kier molecular flexibility index (Phi) is 3.28. The Morgan fingerprint density at radius 3 is 2.76 bits per heavy atom. The van der Waals surface area contributed by atoms with Gasteiger partial charge in [-0.15, -0.1) is 0 Å². The number of hydrogen-bond donors (Lipinski definition) is 0. The number of halogens is 3. The number of rotatable bonds is 3. The zero-order valence-corrected chi connectivity index (χ0v) is 10.6. The minimum atomic E-state index is -1.07. The molecule has 0 aliphatic rings. The van der Waals surface area contributed by atoms with Crippen molar-refractivity contribution < 1.29 is 18.0 Å². The molecule has 2 aromatic rings. The Bertz CT molecular complexity index is 590. The average molecular weight is 303 g/mol. The molecule has 0 fully saturated rings. The van der Waals surface area contributed by atoms with Crippen LogP contribution in [-0.2, 0) is 0 Å². The fourth-order valence-electron chi connectivity index (χ4n) is 1.58. The third kappa shape index (κ3) is 2.11. The Hall–Kier alpha value is -1.23. The minimum absolute atomic E-state index is 0.0621. The second kappa shape index (κ2) is 4.56. The quantitative estimate of drug-likeness (QED) is 0.619. The summed E-state index contributed by atoms with van der Waals surface area (Å²) in [4.78, 5) is 11.6. The second-order valence-corrected chi connectivity index (χ2v) is 4.54. The van der Waals surface area contributed by atoms with E-state index in [0.29, 0.717) is 22.7 Å². The van der Waals surface area contributed by atoms with Gasteiger partial charge in [-0.1, -0.05) is 6.92 Å². The molecule has 2 rings (SSSR count). The monoisotopic (exact) mass is 302 g/mol. The van der Waals surface area contributed by atoms with Crippen LogP contribution in [0.5, 0.6) is 0 Å². The number of hydrogen-bond acceptors (Lipinski definition) is 2. The van der Waals surface area contributed by atoms with E-state index in [-0.39, 0.29) is 17.1 Å². The maximum atomic E-state index is 13.4. The van der Waals surface area contributed by atoms with E-state index in [0.717, 1.165) is 6.07 Å². The molecular weight excluding hydrogens is 294 g/mol. The lowest BCUT2D eigenvalue weighted by atomic mass is 10.2. The smallest absolute Gasteiger partial charge is 0.201 e. The van der Waals surface area contributed by atoms with E-state index in [1.807, 2.05) is 6.92 Å². The Balaban J connectivity index is 2.61. The van der Waals surface area contributed by atoms with Gasteiger partial charge in [0.1, 0.15) is 0 Å². The zero-order chi connectivity index (χ0) is 12.6. The first-order chi connectivity index (χ1) is 8.04. The molecule has 0 aliphatic heterocycles. The van der Waals surface area contributed by atoms with Crippen molar-refractivity contribution >= 4 is 32.7 Å². The lowest BCUT2D eigenvalue weighted by molar-refractivity contribution is 0.0957. The summed E-state index contributed by atoms with van der Waals surface area (Å²) in [5, 5.41) is 0.364. The molecule has 0 saturated heterocycles. The topological polar surface area (TPSA) is 30.2 Å². The summed E-state index contributed by atoms with van der Waals surface area (Å²) < 4.78 is 32.0. The van der Waals surface area contributed by atoms with Gasteiger partial charge in [-0.25, -0.2) is 4.39 Å². The van der Waals surface area contributed by atoms with E-state index in [9.17, 15) is 13.6 Å². The van der Waals surface area contributed by atoms with Gasteiger partial charge in [-0.2, -0.15) is 4.39 Å². The molecule has 1 heterocycles. The summed E-state index contributed by atoms with van der Waals surface area (Å²) in [6.45, 7) is 1.86. The molecule has 0 saturated carbocycles. The summed E-state index contributed by atoms with van der Waals surface area (Å²) in [5.74, 6) is -2.23. The van der Waals surface area contributed by atoms with Gasteiger partial charge in [-0.3, -0.25) is 4.79 Å². The molecular formula is C12H9BrF2O2. The van der Waals surface area contributed by atoms with Gasteiger partial charge >= 0.3 is 0 Å². The molecule has 90 valence electrons. The van der Waals surface area contributed by atoms with Crippen LogP contribution in [0, 0.1) is 11.6 Å². The largest absolute Gasteiger partial charge is 0.450 e. The van der Waals surface area contributed by atoms with Crippen molar-refractivity contribution in [3.8, 4) is 0 Å². The molecule has 0 spiro atoms. The highest BCUT2D eigenvalue weighted by Gasteiger charge is 2.18. The Morgan fingerprint density at radius 1 is 1.41 bits per heavy atom. The number of carbonyl (C=O) groups excluding carboxylic acids is 1. The SMILES string of the molecule is CCCC(=O)c1cc2c(Br)cc(F)c(F)c2o1. The van der Waals surface area contributed by atoms with E-state index < -0.39 is 11.6 Å². The molecule has 0 atom stereocenters. The highest BCUT2D eigenvalue weighted by atomic mass is 79.9. The van der Waals surface area contributed by atoms with Crippen LogP contribution in [0.25, 0.3) is 11.0 Å². The van der Waals surface area contributed by atoms with E-state index in [2.05, 4.69) is 15.9 Å². The fourth-order valence-corrected chi connectivity index (χ4v) is 2.08. The Labute approximate surface area is 105 Å². The summed E-state index contributed by atoms with van der Waals surface area (Å²) in [6.07, 6.45) is 0.995. The van der Waals surface area contributed by atoms with E-state index in [4.69, 9.17) is 4.42 Å². The number of benzene rings is 1. The van der Waals surface area contributed by atoms with Crippen LogP contribution < -0.4 is 0 Å². The fraction of sp³-hybridized carbons (Fsp3) is 0.250. The van der Waals surface area contributed by atoms with Crippen LogP contribution in [0.1, 0.15) is 30.3 Å². The standard InChI is InChI=1S/C12H9BrF2O2/c1-2-3-9(16)10-4-6-7(13)5-8(14)11(15)12(6)17-10/h4-5H,2-3H2,1H3. The normalized spacial score (nSPS) is 11.1. The highest BCUT2D eigenvalue weighted by Crippen LogP contribution is 2.31. The van der Waals surface area contributed by atoms with Crippen molar-refractivity contribution in [2.45, 2.75) is 19.8 Å². The third-order valence-corrected chi connectivity index (χ3v) is 3.06. The predicted octanol–water partition coefficient (Wildman–Crippen LogP) is 4.46. The maximum absolute atomic E-state index is 13.4. The van der Waals surface area contributed by atoms with Gasteiger partial charge in [-0.05, 0) is 34.5 Å². The molecule has 0 radical (unpaired) electrons. The average Bonchev–Trinajstić information content (AvgIpc) is 2.72. The summed E-state index contributed by atoms with van der Waals surface area (Å²) in [7, 11) is 0. The van der Waals surface area contributed by atoms with E-state index >= 15 is 0 Å².